The zero-order chi connectivity index (χ0) is 37.0. The number of carbonyl (C=O) groups is 5. The van der Waals surface area contributed by atoms with Crippen molar-refractivity contribution in [3.8, 4) is 0 Å². The molecule has 1 aliphatic carbocycles. The van der Waals surface area contributed by atoms with E-state index in [4.69, 9.17) is 9.47 Å². The summed E-state index contributed by atoms with van der Waals surface area (Å²) in [4.78, 5) is 68.8. The molecule has 1 saturated heterocycles. The molecule has 0 saturated carbocycles. The smallest absolute Gasteiger partial charge is 0.410 e. The zero-order valence-corrected chi connectivity index (χ0v) is 30.4. The van der Waals surface area contributed by atoms with E-state index < -0.39 is 59.1 Å². The Hall–Kier alpha value is -4.45. The normalized spacial score (nSPS) is 20.2. The molecule has 1 fully saturated rings. The van der Waals surface area contributed by atoms with Crippen LogP contribution < -0.4 is 10.6 Å². The summed E-state index contributed by atoms with van der Waals surface area (Å²) in [7, 11) is 1.47. The van der Waals surface area contributed by atoms with Crippen molar-refractivity contribution in [2.24, 2.45) is 5.41 Å². The second-order valence-electron chi connectivity index (χ2n) is 15.4. The number of ether oxygens (including phenoxy) is 2. The Bertz CT molecular complexity index is 1560. The molecule has 3 N–H and O–H groups in total. The highest BCUT2D eigenvalue weighted by molar-refractivity contribution is 5.94. The molecule has 0 spiro atoms. The summed E-state index contributed by atoms with van der Waals surface area (Å²) >= 11 is 0. The van der Waals surface area contributed by atoms with Crippen molar-refractivity contribution >= 4 is 29.8 Å². The van der Waals surface area contributed by atoms with Gasteiger partial charge in [-0.15, -0.1) is 0 Å². The summed E-state index contributed by atoms with van der Waals surface area (Å²) in [6, 6.07) is 11.4. The molecule has 2 aromatic rings. The fourth-order valence-electron chi connectivity index (χ4n) is 6.28. The first-order valence-electron chi connectivity index (χ1n) is 17.2. The van der Waals surface area contributed by atoms with Gasteiger partial charge in [-0.25, -0.2) is 9.59 Å². The van der Waals surface area contributed by atoms with Gasteiger partial charge in [0.25, 0.3) is 0 Å². The molecule has 2 aromatic carbocycles. The minimum absolute atomic E-state index is 0.112. The number of nitrogens with one attached hydrogen (secondary N) is 2. The molecule has 4 rings (SSSR count). The van der Waals surface area contributed by atoms with Gasteiger partial charge in [0, 0.05) is 20.0 Å². The number of carboxylic acid groups (broad SMARTS) is 1. The SMILES string of the molecule is CC(C(=O)NC(C(=O)N1C[C@@H](OCc2ccc(C(=O)O)cc2)C[C@H]1C(=O)NC1CCCc2ccccc21)C(C)(C)C)N(C)C(=O)OC(C)(C)C. The Kier molecular flexibility index (Phi) is 12.0. The van der Waals surface area contributed by atoms with Crippen molar-refractivity contribution in [2.75, 3.05) is 13.6 Å². The monoisotopic (exact) mass is 692 g/mol. The Morgan fingerprint density at radius 2 is 1.66 bits per heavy atom. The van der Waals surface area contributed by atoms with E-state index in [0.29, 0.717) is 0 Å². The average molecular weight is 693 g/mol. The van der Waals surface area contributed by atoms with E-state index in [1.54, 1.807) is 39.8 Å². The third-order valence-electron chi connectivity index (χ3n) is 9.26. The van der Waals surface area contributed by atoms with Crippen LogP contribution in [0.5, 0.6) is 0 Å². The van der Waals surface area contributed by atoms with Crippen LogP contribution in [0.4, 0.5) is 4.79 Å². The molecule has 12 nitrogen and oxygen atoms in total. The number of carbonyl (C=O) groups excluding carboxylic acids is 4. The standard InChI is InChI=1S/C38H52N4O8/c1-23(41(8)36(48)50-38(5,6)7)32(43)40-31(37(2,3)4)34(45)42-21-27(49-22-24-16-18-26(19-17-24)35(46)47)20-30(42)33(44)39-29-15-11-13-25-12-9-10-14-28(25)29/h9-10,12,14,16-19,23,27,29-31H,11,13,15,20-22H2,1-8H3,(H,39,44)(H,40,43)(H,46,47)/t23?,27-,29?,30-,31?/m0/s1. The van der Waals surface area contributed by atoms with E-state index in [-0.39, 0.29) is 37.1 Å². The number of hydrogen-bond acceptors (Lipinski definition) is 7. The van der Waals surface area contributed by atoms with Crippen LogP contribution in [-0.2, 0) is 36.9 Å². The molecule has 3 unspecified atom stereocenters. The molecule has 2 aliphatic rings. The maximum absolute atomic E-state index is 14.5. The van der Waals surface area contributed by atoms with E-state index in [0.717, 1.165) is 30.4 Å². The number of benzene rings is 2. The number of amides is 4. The fraction of sp³-hybridized carbons (Fsp3) is 0.553. The highest BCUT2D eigenvalue weighted by Crippen LogP contribution is 2.32. The van der Waals surface area contributed by atoms with Gasteiger partial charge in [0.1, 0.15) is 23.7 Å². The third kappa shape index (κ3) is 9.62. The van der Waals surface area contributed by atoms with E-state index >= 15 is 0 Å². The van der Waals surface area contributed by atoms with Gasteiger partial charge in [0.15, 0.2) is 0 Å². The topological polar surface area (TPSA) is 155 Å². The summed E-state index contributed by atoms with van der Waals surface area (Å²) in [5.41, 5.74) is 1.67. The molecule has 1 heterocycles. The van der Waals surface area contributed by atoms with Gasteiger partial charge in [-0.2, -0.15) is 0 Å². The number of aryl methyl sites for hydroxylation is 1. The first kappa shape index (κ1) is 38.4. The lowest BCUT2D eigenvalue weighted by Crippen LogP contribution is -2.60. The van der Waals surface area contributed by atoms with Gasteiger partial charge >= 0.3 is 12.1 Å². The molecule has 272 valence electrons. The minimum atomic E-state index is -1.03. The number of hydrogen-bond donors (Lipinski definition) is 3. The number of fused-ring (bicyclic) bond motifs is 1. The fourth-order valence-corrected chi connectivity index (χ4v) is 6.28. The van der Waals surface area contributed by atoms with E-state index in [1.807, 2.05) is 39.0 Å². The van der Waals surface area contributed by atoms with Crippen molar-refractivity contribution in [1.29, 1.82) is 0 Å². The van der Waals surface area contributed by atoms with Crippen LogP contribution in [0, 0.1) is 5.41 Å². The molecule has 0 radical (unpaired) electrons. The molecule has 0 bridgehead atoms. The van der Waals surface area contributed by atoms with Crippen LogP contribution in [-0.4, -0.2) is 88.1 Å². The van der Waals surface area contributed by atoms with Gasteiger partial charge in [0.2, 0.25) is 17.7 Å². The average Bonchev–Trinajstić information content (AvgIpc) is 3.49. The molecule has 5 atom stereocenters. The number of likely N-dealkylation sites (N-methyl/N-ethyl adjacent to an activating group) is 1. The van der Waals surface area contributed by atoms with Gasteiger partial charge < -0.3 is 30.1 Å². The largest absolute Gasteiger partial charge is 0.478 e. The maximum Gasteiger partial charge on any atom is 0.410 e. The number of rotatable bonds is 10. The molecule has 50 heavy (non-hydrogen) atoms. The molecule has 1 aliphatic heterocycles. The Balaban J connectivity index is 1.55. The first-order valence-corrected chi connectivity index (χ1v) is 17.2. The van der Waals surface area contributed by atoms with Gasteiger partial charge in [-0.3, -0.25) is 19.3 Å². The summed E-state index contributed by atoms with van der Waals surface area (Å²) in [6.45, 7) is 12.5. The predicted octanol–water partition coefficient (Wildman–Crippen LogP) is 4.85. The number of nitrogens with zero attached hydrogens (tertiary/aromatic N) is 2. The van der Waals surface area contributed by atoms with Crippen molar-refractivity contribution in [1.82, 2.24) is 20.4 Å². The zero-order valence-electron chi connectivity index (χ0n) is 30.4. The van der Waals surface area contributed by atoms with Crippen molar-refractivity contribution in [2.45, 2.75) is 117 Å². The van der Waals surface area contributed by atoms with Crippen molar-refractivity contribution in [3.05, 3.63) is 70.8 Å². The summed E-state index contributed by atoms with van der Waals surface area (Å²) in [5, 5.41) is 15.3. The molecular weight excluding hydrogens is 640 g/mol. The Morgan fingerprint density at radius 1 is 1.00 bits per heavy atom. The van der Waals surface area contributed by atoms with Crippen molar-refractivity contribution < 1.29 is 38.6 Å². The van der Waals surface area contributed by atoms with E-state index in [9.17, 15) is 29.1 Å². The van der Waals surface area contributed by atoms with Gasteiger partial charge in [-0.05, 0) is 81.2 Å². The lowest BCUT2D eigenvalue weighted by Gasteiger charge is -2.37. The van der Waals surface area contributed by atoms with Gasteiger partial charge in [-0.1, -0.05) is 57.2 Å². The summed E-state index contributed by atoms with van der Waals surface area (Å²) < 4.78 is 11.6. The van der Waals surface area contributed by atoms with Crippen molar-refractivity contribution in [3.63, 3.8) is 0 Å². The highest BCUT2D eigenvalue weighted by atomic mass is 16.6. The summed E-state index contributed by atoms with van der Waals surface area (Å²) in [5.74, 6) is -2.29. The number of carboxylic acids is 1. The molecule has 0 aromatic heterocycles. The number of aromatic carboxylic acids is 1. The van der Waals surface area contributed by atoms with E-state index in [1.165, 1.54) is 34.5 Å². The van der Waals surface area contributed by atoms with Crippen LogP contribution in [0.15, 0.2) is 48.5 Å². The van der Waals surface area contributed by atoms with Crippen LogP contribution in [0.1, 0.15) is 101 Å². The lowest BCUT2D eigenvalue weighted by molar-refractivity contribution is -0.144. The first-order chi connectivity index (χ1) is 23.4. The highest BCUT2D eigenvalue weighted by Gasteiger charge is 2.46. The third-order valence-corrected chi connectivity index (χ3v) is 9.26. The molecule has 12 heteroatoms. The maximum atomic E-state index is 14.5. The molecular formula is C38H52N4O8. The van der Waals surface area contributed by atoms with Crippen LogP contribution in [0.2, 0.25) is 0 Å². The van der Waals surface area contributed by atoms with Gasteiger partial charge in [0.05, 0.1) is 24.3 Å². The summed E-state index contributed by atoms with van der Waals surface area (Å²) in [6.07, 6.45) is 1.71. The lowest BCUT2D eigenvalue weighted by atomic mass is 9.85. The molecule has 4 amide bonds. The number of likely N-dealkylation sites (tertiary alicyclic amines) is 1. The Labute approximate surface area is 294 Å². The quantitative estimate of drug-likeness (QED) is 0.319. The second kappa shape index (κ2) is 15.6. The van der Waals surface area contributed by atoms with Crippen LogP contribution >= 0.6 is 0 Å². The second-order valence-corrected chi connectivity index (χ2v) is 15.4. The predicted molar refractivity (Wildman–Crippen MR) is 187 cm³/mol. The van der Waals surface area contributed by atoms with Crippen LogP contribution in [0.25, 0.3) is 0 Å². The Morgan fingerprint density at radius 3 is 2.28 bits per heavy atom. The minimum Gasteiger partial charge on any atom is -0.478 e. The van der Waals surface area contributed by atoms with E-state index in [2.05, 4.69) is 16.7 Å². The van der Waals surface area contributed by atoms with Crippen LogP contribution in [0.3, 0.4) is 0 Å².